The molecular weight excluding hydrogens is 368 g/mol. The average Bonchev–Trinajstić information content (AvgIpc) is 2.77. The van der Waals surface area contributed by atoms with Crippen LogP contribution in [0, 0.1) is 5.92 Å². The molecule has 0 saturated carbocycles. The molecule has 1 N–H and O–H groups in total. The van der Waals surface area contributed by atoms with E-state index >= 15 is 0 Å². The number of nitrogens with one attached hydrogen (secondary N) is 1. The fourth-order valence-corrected chi connectivity index (χ4v) is 4.57. The van der Waals surface area contributed by atoms with Crippen LogP contribution in [0.1, 0.15) is 37.0 Å². The lowest BCUT2D eigenvalue weighted by Gasteiger charge is -2.33. The Balaban J connectivity index is 1.67. The quantitative estimate of drug-likeness (QED) is 0.711. The highest BCUT2D eigenvalue weighted by molar-refractivity contribution is 8.00. The third kappa shape index (κ3) is 5.38. The lowest BCUT2D eigenvalue weighted by molar-refractivity contribution is -0.135. The Hall–Kier alpha value is -2.27. The number of likely N-dealkylation sites (tertiary alicyclic amines) is 1. The van der Waals surface area contributed by atoms with E-state index in [9.17, 15) is 9.59 Å². The molecule has 0 aromatic heterocycles. The van der Waals surface area contributed by atoms with Gasteiger partial charge < -0.3 is 10.2 Å². The smallest absolute Gasteiger partial charge is 0.240 e. The predicted octanol–water partition coefficient (Wildman–Crippen LogP) is 4.28. The van der Waals surface area contributed by atoms with E-state index in [1.165, 1.54) is 0 Å². The van der Waals surface area contributed by atoms with E-state index in [0.717, 1.165) is 36.3 Å². The van der Waals surface area contributed by atoms with Gasteiger partial charge in [-0.1, -0.05) is 55.5 Å². The number of rotatable bonds is 7. The van der Waals surface area contributed by atoms with Gasteiger partial charge in [0.1, 0.15) is 5.25 Å². The molecule has 1 heterocycles. The highest BCUT2D eigenvalue weighted by Gasteiger charge is 2.32. The van der Waals surface area contributed by atoms with Gasteiger partial charge in [0.05, 0.1) is 0 Å². The molecule has 1 aliphatic heterocycles. The van der Waals surface area contributed by atoms with Crippen molar-refractivity contribution in [3.63, 3.8) is 0 Å². The molecule has 0 radical (unpaired) electrons. The normalized spacial score (nSPS) is 15.8. The highest BCUT2D eigenvalue weighted by atomic mass is 32.2. The number of hydrogen-bond donors (Lipinski definition) is 1. The summed E-state index contributed by atoms with van der Waals surface area (Å²) >= 11 is 1.59. The Morgan fingerprint density at radius 2 is 1.64 bits per heavy atom. The van der Waals surface area contributed by atoms with Crippen molar-refractivity contribution in [2.75, 3.05) is 19.6 Å². The Morgan fingerprint density at radius 1 is 1.04 bits per heavy atom. The summed E-state index contributed by atoms with van der Waals surface area (Å²) in [5.41, 5.74) is 1.02. The van der Waals surface area contributed by atoms with Crippen molar-refractivity contribution in [3.8, 4) is 0 Å². The van der Waals surface area contributed by atoms with Crippen LogP contribution in [0.2, 0.25) is 0 Å². The molecule has 4 nitrogen and oxygen atoms in total. The lowest BCUT2D eigenvalue weighted by Crippen LogP contribution is -2.44. The largest absolute Gasteiger partial charge is 0.356 e. The lowest BCUT2D eigenvalue weighted by atomic mass is 9.95. The number of hydrogen-bond acceptors (Lipinski definition) is 3. The van der Waals surface area contributed by atoms with Crippen LogP contribution < -0.4 is 5.32 Å². The first kappa shape index (κ1) is 20.5. The SMILES string of the molecule is CCCNC(=O)C1CCN(C(=O)C(Sc2ccccc2)c2ccccc2)CC1. The number of amides is 2. The van der Waals surface area contributed by atoms with Crippen LogP contribution in [0.4, 0.5) is 0 Å². The molecular formula is C23H28N2O2S. The zero-order valence-electron chi connectivity index (χ0n) is 16.3. The minimum Gasteiger partial charge on any atom is -0.356 e. The summed E-state index contributed by atoms with van der Waals surface area (Å²) in [6, 6.07) is 20.0. The van der Waals surface area contributed by atoms with Gasteiger partial charge in [0, 0.05) is 30.4 Å². The van der Waals surface area contributed by atoms with E-state index in [1.54, 1.807) is 11.8 Å². The maximum atomic E-state index is 13.4. The Kier molecular flexibility index (Phi) is 7.54. The second-order valence-corrected chi connectivity index (χ2v) is 8.29. The molecule has 1 saturated heterocycles. The summed E-state index contributed by atoms with van der Waals surface area (Å²) in [7, 11) is 0. The van der Waals surface area contributed by atoms with E-state index in [2.05, 4.69) is 12.2 Å². The number of piperidine rings is 1. The van der Waals surface area contributed by atoms with Gasteiger partial charge in [0.15, 0.2) is 0 Å². The number of carbonyl (C=O) groups excluding carboxylic acids is 2. The molecule has 0 aliphatic carbocycles. The number of thioether (sulfide) groups is 1. The minimum atomic E-state index is -0.269. The van der Waals surface area contributed by atoms with Crippen molar-refractivity contribution < 1.29 is 9.59 Å². The summed E-state index contributed by atoms with van der Waals surface area (Å²) in [6.45, 7) is 4.06. The van der Waals surface area contributed by atoms with Gasteiger partial charge in [-0.05, 0) is 37.0 Å². The second-order valence-electron chi connectivity index (χ2n) is 7.11. The second kappa shape index (κ2) is 10.3. The Bertz CT molecular complexity index is 759. The molecule has 1 unspecified atom stereocenters. The molecule has 2 aromatic rings. The van der Waals surface area contributed by atoms with Gasteiger partial charge in [-0.2, -0.15) is 0 Å². The maximum absolute atomic E-state index is 13.4. The summed E-state index contributed by atoms with van der Waals surface area (Å²) < 4.78 is 0. The van der Waals surface area contributed by atoms with E-state index < -0.39 is 0 Å². The molecule has 5 heteroatoms. The molecule has 2 amide bonds. The van der Waals surface area contributed by atoms with Crippen molar-refractivity contribution in [3.05, 3.63) is 66.2 Å². The first-order valence-electron chi connectivity index (χ1n) is 10.0. The van der Waals surface area contributed by atoms with Gasteiger partial charge in [-0.25, -0.2) is 0 Å². The summed E-state index contributed by atoms with van der Waals surface area (Å²) in [6.07, 6.45) is 2.41. The van der Waals surface area contributed by atoms with Crippen LogP contribution in [0.3, 0.4) is 0 Å². The first-order chi connectivity index (χ1) is 13.7. The van der Waals surface area contributed by atoms with Crippen LogP contribution >= 0.6 is 11.8 Å². The van der Waals surface area contributed by atoms with E-state index in [4.69, 9.17) is 0 Å². The van der Waals surface area contributed by atoms with Gasteiger partial charge in [-0.3, -0.25) is 9.59 Å². The van der Waals surface area contributed by atoms with Crippen molar-refractivity contribution in [1.82, 2.24) is 10.2 Å². The van der Waals surface area contributed by atoms with Gasteiger partial charge >= 0.3 is 0 Å². The third-order valence-electron chi connectivity index (χ3n) is 5.05. The summed E-state index contributed by atoms with van der Waals surface area (Å²) in [5.74, 6) is 0.284. The van der Waals surface area contributed by atoms with Crippen molar-refractivity contribution in [2.24, 2.45) is 5.92 Å². The van der Waals surface area contributed by atoms with Crippen LogP contribution in [-0.4, -0.2) is 36.3 Å². The van der Waals surface area contributed by atoms with E-state index in [1.807, 2.05) is 65.6 Å². The minimum absolute atomic E-state index is 0.0209. The van der Waals surface area contributed by atoms with E-state index in [0.29, 0.717) is 13.1 Å². The molecule has 0 bridgehead atoms. The molecule has 28 heavy (non-hydrogen) atoms. The fraction of sp³-hybridized carbons (Fsp3) is 0.391. The third-order valence-corrected chi connectivity index (χ3v) is 6.30. The van der Waals surface area contributed by atoms with Crippen molar-refractivity contribution >= 4 is 23.6 Å². The average molecular weight is 397 g/mol. The number of carbonyl (C=O) groups is 2. The topological polar surface area (TPSA) is 49.4 Å². The predicted molar refractivity (Wildman–Crippen MR) is 114 cm³/mol. The monoisotopic (exact) mass is 396 g/mol. The van der Waals surface area contributed by atoms with Crippen molar-refractivity contribution in [2.45, 2.75) is 36.3 Å². The zero-order valence-corrected chi connectivity index (χ0v) is 17.2. The van der Waals surface area contributed by atoms with Crippen LogP contribution in [0.5, 0.6) is 0 Å². The first-order valence-corrected chi connectivity index (χ1v) is 10.9. The maximum Gasteiger partial charge on any atom is 0.240 e. The van der Waals surface area contributed by atoms with Crippen LogP contribution in [0.15, 0.2) is 65.6 Å². The van der Waals surface area contributed by atoms with Gasteiger partial charge in [0.2, 0.25) is 11.8 Å². The van der Waals surface area contributed by atoms with Gasteiger partial charge in [-0.15, -0.1) is 11.8 Å². The van der Waals surface area contributed by atoms with Crippen molar-refractivity contribution in [1.29, 1.82) is 0 Å². The van der Waals surface area contributed by atoms with Crippen LogP contribution in [-0.2, 0) is 9.59 Å². The summed E-state index contributed by atoms with van der Waals surface area (Å²) in [5, 5.41) is 2.71. The fourth-order valence-electron chi connectivity index (χ4n) is 3.44. The molecule has 3 rings (SSSR count). The highest BCUT2D eigenvalue weighted by Crippen LogP contribution is 2.37. The van der Waals surface area contributed by atoms with Crippen LogP contribution in [0.25, 0.3) is 0 Å². The summed E-state index contributed by atoms with van der Waals surface area (Å²) in [4.78, 5) is 28.6. The van der Waals surface area contributed by atoms with Gasteiger partial charge in [0.25, 0.3) is 0 Å². The molecule has 1 aliphatic rings. The Labute approximate surface area is 171 Å². The standard InChI is InChI=1S/C23H28N2O2S/c1-2-15-24-22(26)19-13-16-25(17-14-19)23(27)21(18-9-5-3-6-10-18)28-20-11-7-4-8-12-20/h3-12,19,21H,2,13-17H2,1H3,(H,24,26). The molecule has 148 valence electrons. The molecule has 0 spiro atoms. The van der Waals surface area contributed by atoms with E-state index in [-0.39, 0.29) is 23.0 Å². The molecule has 2 aromatic carbocycles. The Morgan fingerprint density at radius 3 is 2.25 bits per heavy atom. The molecule has 1 fully saturated rings. The zero-order chi connectivity index (χ0) is 19.8. The number of benzene rings is 2. The molecule has 1 atom stereocenters. The number of nitrogens with zero attached hydrogens (tertiary/aromatic N) is 1.